The highest BCUT2D eigenvalue weighted by atomic mass is 16.5. The summed E-state index contributed by atoms with van der Waals surface area (Å²) in [4.78, 5) is 17.6. The molecule has 23 heavy (non-hydrogen) atoms. The van der Waals surface area contributed by atoms with Crippen LogP contribution in [-0.2, 0) is 9.53 Å². The van der Waals surface area contributed by atoms with E-state index in [0.29, 0.717) is 30.4 Å². The van der Waals surface area contributed by atoms with Crippen LogP contribution in [0.5, 0.6) is 0 Å². The van der Waals surface area contributed by atoms with E-state index in [2.05, 4.69) is 29.5 Å². The molecule has 0 heterocycles. The Morgan fingerprint density at radius 3 is 2.48 bits per heavy atom. The van der Waals surface area contributed by atoms with Gasteiger partial charge in [-0.05, 0) is 37.0 Å². The van der Waals surface area contributed by atoms with Crippen molar-refractivity contribution >= 4 is 11.9 Å². The first-order valence-corrected chi connectivity index (χ1v) is 8.55. The van der Waals surface area contributed by atoms with Crippen LogP contribution >= 0.6 is 0 Å². The summed E-state index contributed by atoms with van der Waals surface area (Å²) in [5.41, 5.74) is 0.488. The number of nitrogens with zero attached hydrogens (tertiary/aromatic N) is 2. The molecule has 6 heteroatoms. The molecule has 0 bridgehead atoms. The van der Waals surface area contributed by atoms with Crippen molar-refractivity contribution in [2.45, 2.75) is 39.5 Å². The summed E-state index contributed by atoms with van der Waals surface area (Å²) >= 11 is 0. The van der Waals surface area contributed by atoms with Gasteiger partial charge >= 0.3 is 0 Å². The Labute approximate surface area is 141 Å². The van der Waals surface area contributed by atoms with Crippen molar-refractivity contribution in [3.63, 3.8) is 0 Å². The van der Waals surface area contributed by atoms with E-state index < -0.39 is 0 Å². The molecule has 0 unspecified atom stereocenters. The second-order valence-electron chi connectivity index (χ2n) is 7.36. The van der Waals surface area contributed by atoms with Crippen LogP contribution in [0.25, 0.3) is 0 Å². The van der Waals surface area contributed by atoms with Crippen LogP contribution in [0, 0.1) is 11.3 Å². The third-order valence-corrected chi connectivity index (χ3v) is 4.49. The van der Waals surface area contributed by atoms with Gasteiger partial charge in [0, 0.05) is 34.3 Å². The third-order valence-electron chi connectivity index (χ3n) is 4.49. The Balaban J connectivity index is 2.45. The van der Waals surface area contributed by atoms with Gasteiger partial charge in [-0.1, -0.05) is 13.8 Å². The Morgan fingerprint density at radius 2 is 1.91 bits per heavy atom. The summed E-state index contributed by atoms with van der Waals surface area (Å²) in [7, 11) is 5.16. The zero-order chi connectivity index (χ0) is 17.3. The molecule has 6 nitrogen and oxygen atoms in total. The number of hydrogen-bond donors (Lipinski definition) is 2. The minimum Gasteiger partial charge on any atom is -0.383 e. The molecular weight excluding hydrogens is 292 g/mol. The molecule has 1 aliphatic carbocycles. The summed E-state index contributed by atoms with van der Waals surface area (Å²) in [5, 5.41) is 6.60. The molecule has 1 amide bonds. The molecule has 0 aromatic heterocycles. The van der Waals surface area contributed by atoms with Gasteiger partial charge in [0.05, 0.1) is 6.61 Å². The average Bonchev–Trinajstić information content (AvgIpc) is 2.50. The molecule has 0 aromatic carbocycles. The lowest BCUT2D eigenvalue weighted by atomic mass is 9.73. The second kappa shape index (κ2) is 9.75. The number of ether oxygens (including phenoxy) is 1. The fraction of sp³-hybridized carbons (Fsp3) is 0.882. The standard InChI is InChI=1S/C17H34N4O2/c1-17(2)8-6-14(7-9-17)12-19-16(18-10-11-23-5)20-13-15(22)21(3)4/h14H,6-13H2,1-5H3,(H2,18,19,20). The van der Waals surface area contributed by atoms with Crippen LogP contribution in [0.2, 0.25) is 0 Å². The van der Waals surface area contributed by atoms with E-state index in [1.165, 1.54) is 25.7 Å². The highest BCUT2D eigenvalue weighted by Crippen LogP contribution is 2.37. The summed E-state index contributed by atoms with van der Waals surface area (Å²) in [6, 6.07) is 0. The smallest absolute Gasteiger partial charge is 0.243 e. The number of aliphatic imine (C=N–C) groups is 1. The number of guanidine groups is 1. The average molecular weight is 326 g/mol. The molecule has 0 aliphatic heterocycles. The number of nitrogens with one attached hydrogen (secondary N) is 2. The van der Waals surface area contributed by atoms with Crippen LogP contribution < -0.4 is 10.6 Å². The fourth-order valence-corrected chi connectivity index (χ4v) is 2.64. The Kier molecular flexibility index (Phi) is 8.37. The van der Waals surface area contributed by atoms with E-state index in [9.17, 15) is 4.79 Å². The molecule has 2 N–H and O–H groups in total. The van der Waals surface area contributed by atoms with Crippen LogP contribution in [0.3, 0.4) is 0 Å². The number of methoxy groups -OCH3 is 1. The number of likely N-dealkylation sites (N-methyl/N-ethyl adjacent to an activating group) is 1. The van der Waals surface area contributed by atoms with Gasteiger partial charge in [-0.2, -0.15) is 0 Å². The second-order valence-corrected chi connectivity index (χ2v) is 7.36. The monoisotopic (exact) mass is 326 g/mol. The van der Waals surface area contributed by atoms with Gasteiger partial charge in [-0.25, -0.2) is 4.99 Å². The lowest BCUT2D eigenvalue weighted by Gasteiger charge is -2.34. The van der Waals surface area contributed by atoms with E-state index >= 15 is 0 Å². The van der Waals surface area contributed by atoms with Crippen molar-refractivity contribution in [2.24, 2.45) is 16.3 Å². The molecule has 1 aliphatic rings. The number of amides is 1. The first-order chi connectivity index (χ1) is 10.8. The van der Waals surface area contributed by atoms with E-state index in [0.717, 1.165) is 6.54 Å². The maximum atomic E-state index is 11.7. The molecule has 1 rings (SSSR count). The largest absolute Gasteiger partial charge is 0.383 e. The van der Waals surface area contributed by atoms with Gasteiger partial charge in [0.1, 0.15) is 6.54 Å². The maximum Gasteiger partial charge on any atom is 0.243 e. The van der Waals surface area contributed by atoms with Crippen LogP contribution in [-0.4, -0.2) is 64.2 Å². The first-order valence-electron chi connectivity index (χ1n) is 8.55. The molecule has 1 saturated carbocycles. The SMILES string of the molecule is COCCNC(=NCC(=O)N(C)C)NCC1CCC(C)(C)CC1. The van der Waals surface area contributed by atoms with Crippen molar-refractivity contribution in [3.05, 3.63) is 0 Å². The minimum absolute atomic E-state index is 0.00254. The van der Waals surface area contributed by atoms with Crippen molar-refractivity contribution < 1.29 is 9.53 Å². The topological polar surface area (TPSA) is 66.0 Å². The summed E-state index contributed by atoms with van der Waals surface area (Å²) in [6.07, 6.45) is 5.06. The molecule has 0 aromatic rings. The van der Waals surface area contributed by atoms with E-state index in [1.54, 1.807) is 26.1 Å². The Morgan fingerprint density at radius 1 is 1.26 bits per heavy atom. The van der Waals surface area contributed by atoms with Crippen LogP contribution in [0.15, 0.2) is 4.99 Å². The Bertz CT molecular complexity index is 384. The van der Waals surface area contributed by atoms with Crippen molar-refractivity contribution in [1.82, 2.24) is 15.5 Å². The van der Waals surface area contributed by atoms with Crippen LogP contribution in [0.1, 0.15) is 39.5 Å². The zero-order valence-corrected chi connectivity index (χ0v) is 15.4. The predicted octanol–water partition coefficient (Wildman–Crippen LogP) is 1.47. The fourth-order valence-electron chi connectivity index (χ4n) is 2.64. The van der Waals surface area contributed by atoms with Gasteiger partial charge in [0.2, 0.25) is 5.91 Å². The minimum atomic E-state index is -0.00254. The van der Waals surface area contributed by atoms with Gasteiger partial charge < -0.3 is 20.3 Å². The molecule has 0 spiro atoms. The highest BCUT2D eigenvalue weighted by Gasteiger charge is 2.26. The maximum absolute atomic E-state index is 11.7. The molecule has 0 radical (unpaired) electrons. The van der Waals surface area contributed by atoms with Crippen LogP contribution in [0.4, 0.5) is 0 Å². The third kappa shape index (κ3) is 8.21. The van der Waals surface area contributed by atoms with E-state index in [1.807, 2.05) is 0 Å². The molecule has 134 valence electrons. The Hall–Kier alpha value is -1.30. The van der Waals surface area contributed by atoms with E-state index in [-0.39, 0.29) is 12.5 Å². The summed E-state index contributed by atoms with van der Waals surface area (Å²) in [5.74, 6) is 1.38. The van der Waals surface area contributed by atoms with Crippen molar-refractivity contribution in [1.29, 1.82) is 0 Å². The molecule has 0 saturated heterocycles. The quantitative estimate of drug-likeness (QED) is 0.422. The normalized spacial score (nSPS) is 18.6. The lowest BCUT2D eigenvalue weighted by Crippen LogP contribution is -2.42. The zero-order valence-electron chi connectivity index (χ0n) is 15.4. The van der Waals surface area contributed by atoms with Gasteiger partial charge in [-0.3, -0.25) is 4.79 Å². The predicted molar refractivity (Wildman–Crippen MR) is 94.6 cm³/mol. The van der Waals surface area contributed by atoms with E-state index in [4.69, 9.17) is 4.74 Å². The number of hydrogen-bond acceptors (Lipinski definition) is 3. The molecule has 1 fully saturated rings. The number of carbonyl (C=O) groups excluding carboxylic acids is 1. The van der Waals surface area contributed by atoms with Gasteiger partial charge in [0.25, 0.3) is 0 Å². The summed E-state index contributed by atoms with van der Waals surface area (Å²) in [6.45, 7) is 7.06. The number of rotatable bonds is 7. The van der Waals surface area contributed by atoms with Gasteiger partial charge in [0.15, 0.2) is 5.96 Å². The number of carbonyl (C=O) groups is 1. The first kappa shape index (κ1) is 19.7. The van der Waals surface area contributed by atoms with Crippen molar-refractivity contribution in [2.75, 3.05) is 47.4 Å². The summed E-state index contributed by atoms with van der Waals surface area (Å²) < 4.78 is 5.05. The molecular formula is C17H34N4O2. The highest BCUT2D eigenvalue weighted by molar-refractivity contribution is 5.84. The van der Waals surface area contributed by atoms with Gasteiger partial charge in [-0.15, -0.1) is 0 Å². The van der Waals surface area contributed by atoms with Crippen molar-refractivity contribution in [3.8, 4) is 0 Å². The lowest BCUT2D eigenvalue weighted by molar-refractivity contribution is -0.127. The molecule has 0 atom stereocenters.